The maximum atomic E-state index is 12.3. The number of amides is 1. The van der Waals surface area contributed by atoms with Gasteiger partial charge in [0.2, 0.25) is 12.7 Å². The third-order valence-electron chi connectivity index (χ3n) is 4.76. The number of para-hydroxylation sites is 1. The molecule has 6 heteroatoms. The highest BCUT2D eigenvalue weighted by molar-refractivity contribution is 5.78. The summed E-state index contributed by atoms with van der Waals surface area (Å²) in [4.78, 5) is 14.6. The molecule has 27 heavy (non-hydrogen) atoms. The summed E-state index contributed by atoms with van der Waals surface area (Å²) in [6.07, 6.45) is 0.455. The van der Waals surface area contributed by atoms with E-state index in [0.29, 0.717) is 18.7 Å². The summed E-state index contributed by atoms with van der Waals surface area (Å²) in [5, 5.41) is 3.01. The van der Waals surface area contributed by atoms with Crippen LogP contribution < -0.4 is 19.5 Å². The van der Waals surface area contributed by atoms with Crippen LogP contribution in [0.5, 0.6) is 17.2 Å². The van der Waals surface area contributed by atoms with Gasteiger partial charge < -0.3 is 19.5 Å². The van der Waals surface area contributed by atoms with Gasteiger partial charge >= 0.3 is 0 Å². The molecule has 2 aromatic rings. The second kappa shape index (κ2) is 7.88. The van der Waals surface area contributed by atoms with Crippen LogP contribution in [0, 0.1) is 0 Å². The van der Waals surface area contributed by atoms with E-state index in [4.69, 9.17) is 14.2 Å². The fourth-order valence-corrected chi connectivity index (χ4v) is 3.50. The molecule has 0 fully saturated rings. The number of hydrogen-bond donors (Lipinski definition) is 1. The molecule has 2 heterocycles. The Hall–Kier alpha value is -2.73. The van der Waals surface area contributed by atoms with Crippen LogP contribution in [0.3, 0.4) is 0 Å². The Kier molecular flexibility index (Phi) is 5.16. The van der Waals surface area contributed by atoms with Gasteiger partial charge in [-0.15, -0.1) is 0 Å². The molecule has 142 valence electrons. The van der Waals surface area contributed by atoms with Crippen LogP contribution in [0.15, 0.2) is 42.5 Å². The van der Waals surface area contributed by atoms with Gasteiger partial charge in [-0.2, -0.15) is 0 Å². The summed E-state index contributed by atoms with van der Waals surface area (Å²) in [5.41, 5.74) is 2.11. The van der Waals surface area contributed by atoms with Crippen molar-refractivity contribution in [3.63, 3.8) is 0 Å². The van der Waals surface area contributed by atoms with Crippen molar-refractivity contribution in [1.29, 1.82) is 0 Å². The molecule has 0 bridgehead atoms. The third-order valence-corrected chi connectivity index (χ3v) is 4.76. The third kappa shape index (κ3) is 4.34. The summed E-state index contributed by atoms with van der Waals surface area (Å²) >= 11 is 0. The van der Waals surface area contributed by atoms with Crippen LogP contribution in [0.4, 0.5) is 0 Å². The van der Waals surface area contributed by atoms with E-state index < -0.39 is 0 Å². The number of nitrogens with zero attached hydrogens (tertiary/aromatic N) is 1. The minimum absolute atomic E-state index is 0.00776. The van der Waals surface area contributed by atoms with Crippen molar-refractivity contribution < 1.29 is 19.0 Å². The summed E-state index contributed by atoms with van der Waals surface area (Å²) in [6, 6.07) is 13.8. The monoisotopic (exact) mass is 368 g/mol. The highest BCUT2D eigenvalue weighted by atomic mass is 16.7. The zero-order valence-corrected chi connectivity index (χ0v) is 15.4. The predicted molar refractivity (Wildman–Crippen MR) is 101 cm³/mol. The Bertz CT molecular complexity index is 824. The summed E-state index contributed by atoms with van der Waals surface area (Å²) in [5.74, 6) is 2.40. The number of ether oxygens (including phenoxy) is 3. The number of carbonyl (C=O) groups is 1. The van der Waals surface area contributed by atoms with Crippen molar-refractivity contribution >= 4 is 5.91 Å². The highest BCUT2D eigenvalue weighted by Gasteiger charge is 2.19. The minimum Gasteiger partial charge on any atom is -0.489 e. The number of benzene rings is 2. The molecule has 1 N–H and O–H groups in total. The SMILES string of the molecule is CC1CN(CCNC(=O)Cc2ccc3c(c2)OCO3)Cc2ccccc2O1. The van der Waals surface area contributed by atoms with E-state index in [9.17, 15) is 4.79 Å². The van der Waals surface area contributed by atoms with E-state index in [0.717, 1.165) is 36.7 Å². The first-order valence-corrected chi connectivity index (χ1v) is 9.29. The average Bonchev–Trinajstić information content (AvgIpc) is 3.04. The molecule has 2 aliphatic rings. The predicted octanol–water partition coefficient (Wildman–Crippen LogP) is 2.36. The summed E-state index contributed by atoms with van der Waals surface area (Å²) in [7, 11) is 0. The van der Waals surface area contributed by atoms with Gasteiger partial charge in [0, 0.05) is 31.7 Å². The van der Waals surface area contributed by atoms with Crippen LogP contribution in [0.2, 0.25) is 0 Å². The number of carbonyl (C=O) groups excluding carboxylic acids is 1. The molecule has 0 spiro atoms. The van der Waals surface area contributed by atoms with Gasteiger partial charge in [-0.25, -0.2) is 0 Å². The standard InChI is InChI=1S/C21H24N2O4/c1-15-12-23(13-17-4-2-3-5-18(17)27-15)9-8-22-21(24)11-16-6-7-19-20(10-16)26-14-25-19/h2-7,10,15H,8-9,11-14H2,1H3,(H,22,24). The first kappa shape index (κ1) is 17.7. The zero-order chi connectivity index (χ0) is 18.6. The molecule has 0 saturated heterocycles. The van der Waals surface area contributed by atoms with Crippen molar-refractivity contribution in [3.05, 3.63) is 53.6 Å². The molecule has 2 aliphatic heterocycles. The number of fused-ring (bicyclic) bond motifs is 2. The molecule has 0 aliphatic carbocycles. The fraction of sp³-hybridized carbons (Fsp3) is 0.381. The van der Waals surface area contributed by atoms with E-state index in [1.807, 2.05) is 36.4 Å². The fourth-order valence-electron chi connectivity index (χ4n) is 3.50. The maximum Gasteiger partial charge on any atom is 0.231 e. The molecule has 0 radical (unpaired) electrons. The number of nitrogens with one attached hydrogen (secondary N) is 1. The lowest BCUT2D eigenvalue weighted by Gasteiger charge is -2.21. The van der Waals surface area contributed by atoms with Crippen molar-refractivity contribution in [1.82, 2.24) is 10.2 Å². The molecular weight excluding hydrogens is 344 g/mol. The normalized spacial score (nSPS) is 18.3. The Morgan fingerprint density at radius 3 is 2.93 bits per heavy atom. The van der Waals surface area contributed by atoms with Gasteiger partial charge in [0.25, 0.3) is 0 Å². The Labute approximate surface area is 159 Å². The smallest absolute Gasteiger partial charge is 0.231 e. The second-order valence-electron chi connectivity index (χ2n) is 6.99. The molecular formula is C21H24N2O4. The van der Waals surface area contributed by atoms with E-state index in [1.54, 1.807) is 0 Å². The van der Waals surface area contributed by atoms with E-state index in [-0.39, 0.29) is 18.8 Å². The van der Waals surface area contributed by atoms with E-state index in [2.05, 4.69) is 23.2 Å². The lowest BCUT2D eigenvalue weighted by atomic mass is 10.1. The summed E-state index contributed by atoms with van der Waals surface area (Å²) in [6.45, 7) is 5.39. The molecule has 2 aromatic carbocycles. The topological polar surface area (TPSA) is 60.0 Å². The van der Waals surface area contributed by atoms with Gasteiger partial charge in [0.05, 0.1) is 6.42 Å². The molecule has 1 unspecified atom stereocenters. The first-order valence-electron chi connectivity index (χ1n) is 9.29. The van der Waals surface area contributed by atoms with Gasteiger partial charge in [-0.3, -0.25) is 9.69 Å². The molecule has 1 amide bonds. The van der Waals surface area contributed by atoms with Gasteiger partial charge in [0.15, 0.2) is 11.5 Å². The van der Waals surface area contributed by atoms with Crippen LogP contribution in [-0.2, 0) is 17.8 Å². The van der Waals surface area contributed by atoms with E-state index >= 15 is 0 Å². The van der Waals surface area contributed by atoms with E-state index in [1.165, 1.54) is 5.56 Å². The van der Waals surface area contributed by atoms with Crippen molar-refractivity contribution in [2.24, 2.45) is 0 Å². The van der Waals surface area contributed by atoms with Crippen LogP contribution in [0.1, 0.15) is 18.1 Å². The quantitative estimate of drug-likeness (QED) is 0.878. The molecule has 1 atom stereocenters. The Morgan fingerprint density at radius 1 is 1.15 bits per heavy atom. The zero-order valence-electron chi connectivity index (χ0n) is 15.4. The van der Waals surface area contributed by atoms with Crippen molar-refractivity contribution in [3.8, 4) is 17.2 Å². The van der Waals surface area contributed by atoms with Crippen molar-refractivity contribution in [2.75, 3.05) is 26.4 Å². The minimum atomic E-state index is 0.00776. The lowest BCUT2D eigenvalue weighted by molar-refractivity contribution is -0.120. The molecule has 4 rings (SSSR count). The molecule has 0 saturated carbocycles. The highest BCUT2D eigenvalue weighted by Crippen LogP contribution is 2.32. The van der Waals surface area contributed by atoms with Gasteiger partial charge in [-0.05, 0) is 30.7 Å². The first-order chi connectivity index (χ1) is 13.2. The number of hydrogen-bond acceptors (Lipinski definition) is 5. The maximum absolute atomic E-state index is 12.3. The van der Waals surface area contributed by atoms with Crippen LogP contribution in [0.25, 0.3) is 0 Å². The van der Waals surface area contributed by atoms with Crippen LogP contribution in [-0.4, -0.2) is 43.3 Å². The molecule has 0 aromatic heterocycles. The van der Waals surface area contributed by atoms with Crippen LogP contribution >= 0.6 is 0 Å². The van der Waals surface area contributed by atoms with Gasteiger partial charge in [0.1, 0.15) is 11.9 Å². The van der Waals surface area contributed by atoms with Gasteiger partial charge in [-0.1, -0.05) is 24.3 Å². The number of rotatable bonds is 5. The Morgan fingerprint density at radius 2 is 2.00 bits per heavy atom. The molecule has 6 nitrogen and oxygen atoms in total. The van der Waals surface area contributed by atoms with Crippen molar-refractivity contribution in [2.45, 2.75) is 26.0 Å². The largest absolute Gasteiger partial charge is 0.489 e. The summed E-state index contributed by atoms with van der Waals surface area (Å²) < 4.78 is 16.6. The average molecular weight is 368 g/mol. The lowest BCUT2D eigenvalue weighted by Crippen LogP contribution is -2.38. The Balaban J connectivity index is 1.27. The second-order valence-corrected chi connectivity index (χ2v) is 6.99.